The van der Waals surface area contributed by atoms with Crippen LogP contribution in [0.1, 0.15) is 26.7 Å². The van der Waals surface area contributed by atoms with E-state index < -0.39 is 30.1 Å². The molecule has 6 nitrogen and oxygen atoms in total. The average molecular weight is 230 g/mol. The van der Waals surface area contributed by atoms with E-state index in [9.17, 15) is 14.4 Å². The molecule has 0 aromatic carbocycles. The highest BCUT2D eigenvalue weighted by Gasteiger charge is 2.31. The molecule has 90 valence electrons. The monoisotopic (exact) mass is 230 g/mol. The molecule has 0 aromatic rings. The second-order valence-electron chi connectivity index (χ2n) is 3.59. The van der Waals surface area contributed by atoms with Gasteiger partial charge < -0.3 is 14.2 Å². The summed E-state index contributed by atoms with van der Waals surface area (Å²) in [5.41, 5.74) is 0. The minimum Gasteiger partial charge on any atom is -0.462 e. The van der Waals surface area contributed by atoms with Crippen molar-refractivity contribution in [3.63, 3.8) is 0 Å². The molecule has 1 fully saturated rings. The van der Waals surface area contributed by atoms with Gasteiger partial charge in [-0.15, -0.1) is 0 Å². The van der Waals surface area contributed by atoms with Crippen LogP contribution in [0, 0.1) is 0 Å². The maximum atomic E-state index is 11.2. The molecule has 0 N–H and O–H groups in total. The first kappa shape index (κ1) is 12.5. The van der Waals surface area contributed by atoms with Gasteiger partial charge in [0.1, 0.15) is 18.8 Å². The molecule has 1 rings (SSSR count). The summed E-state index contributed by atoms with van der Waals surface area (Å²) in [6.07, 6.45) is -0.608. The zero-order valence-corrected chi connectivity index (χ0v) is 9.23. The van der Waals surface area contributed by atoms with E-state index in [-0.39, 0.29) is 13.0 Å². The molecule has 0 radical (unpaired) electrons. The van der Waals surface area contributed by atoms with Gasteiger partial charge in [0.15, 0.2) is 0 Å². The summed E-state index contributed by atoms with van der Waals surface area (Å²) in [4.78, 5) is 32.5. The lowest BCUT2D eigenvalue weighted by Crippen LogP contribution is -2.37. The molecule has 0 aliphatic carbocycles. The van der Waals surface area contributed by atoms with E-state index in [1.165, 1.54) is 13.8 Å². The lowest BCUT2D eigenvalue weighted by molar-refractivity contribution is -0.174. The van der Waals surface area contributed by atoms with Gasteiger partial charge in [-0.05, 0) is 0 Å². The van der Waals surface area contributed by atoms with Gasteiger partial charge in [-0.2, -0.15) is 0 Å². The molecule has 0 amide bonds. The Hall–Kier alpha value is -1.59. The topological polar surface area (TPSA) is 78.9 Å². The zero-order chi connectivity index (χ0) is 12.1. The quantitative estimate of drug-likeness (QED) is 0.508. The van der Waals surface area contributed by atoms with Crippen LogP contribution in [0.3, 0.4) is 0 Å². The van der Waals surface area contributed by atoms with E-state index in [4.69, 9.17) is 14.2 Å². The molecule has 6 heteroatoms. The third-order valence-electron chi connectivity index (χ3n) is 2.02. The highest BCUT2D eigenvalue weighted by Crippen LogP contribution is 2.18. The SMILES string of the molecule is CC(=O)OC[C@@H]1C[C@@H](OC(C)=O)CC(=O)O1. The number of carbonyl (C=O) groups excluding carboxylic acids is 3. The summed E-state index contributed by atoms with van der Waals surface area (Å²) in [5, 5.41) is 0. The van der Waals surface area contributed by atoms with Gasteiger partial charge in [-0.1, -0.05) is 0 Å². The molecule has 0 unspecified atom stereocenters. The van der Waals surface area contributed by atoms with E-state index in [1.54, 1.807) is 0 Å². The van der Waals surface area contributed by atoms with Gasteiger partial charge in [0.2, 0.25) is 0 Å². The highest BCUT2D eigenvalue weighted by molar-refractivity contribution is 5.72. The van der Waals surface area contributed by atoms with Gasteiger partial charge in [-0.3, -0.25) is 14.4 Å². The third kappa shape index (κ3) is 4.29. The molecule has 0 aromatic heterocycles. The maximum absolute atomic E-state index is 11.2. The smallest absolute Gasteiger partial charge is 0.309 e. The lowest BCUT2D eigenvalue weighted by atomic mass is 10.1. The minimum atomic E-state index is -0.533. The molecule has 16 heavy (non-hydrogen) atoms. The van der Waals surface area contributed by atoms with Crippen LogP contribution in [-0.4, -0.2) is 36.7 Å². The Morgan fingerprint density at radius 2 is 2.06 bits per heavy atom. The molecule has 1 aliphatic heterocycles. The second-order valence-corrected chi connectivity index (χ2v) is 3.59. The number of ether oxygens (including phenoxy) is 3. The molecule has 1 heterocycles. The Labute approximate surface area is 92.8 Å². The van der Waals surface area contributed by atoms with Crippen molar-refractivity contribution in [2.45, 2.75) is 38.9 Å². The van der Waals surface area contributed by atoms with Crippen molar-refractivity contribution in [2.75, 3.05) is 6.61 Å². The normalized spacial score (nSPS) is 24.5. The molecule has 1 aliphatic rings. The van der Waals surface area contributed by atoms with Crippen LogP contribution in [0.5, 0.6) is 0 Å². The summed E-state index contributed by atoms with van der Waals surface area (Å²) >= 11 is 0. The van der Waals surface area contributed by atoms with Crippen LogP contribution in [-0.2, 0) is 28.6 Å². The van der Waals surface area contributed by atoms with Crippen molar-refractivity contribution in [3.8, 4) is 0 Å². The van der Waals surface area contributed by atoms with E-state index in [1.807, 2.05) is 0 Å². The van der Waals surface area contributed by atoms with Crippen molar-refractivity contribution in [1.29, 1.82) is 0 Å². The predicted molar refractivity (Wildman–Crippen MR) is 51.3 cm³/mol. The highest BCUT2D eigenvalue weighted by atomic mass is 16.6. The first-order valence-electron chi connectivity index (χ1n) is 4.97. The van der Waals surface area contributed by atoms with E-state index in [2.05, 4.69) is 0 Å². The number of cyclic esters (lactones) is 1. The number of rotatable bonds is 3. The van der Waals surface area contributed by atoms with Crippen molar-refractivity contribution in [3.05, 3.63) is 0 Å². The first-order valence-corrected chi connectivity index (χ1v) is 4.97. The van der Waals surface area contributed by atoms with E-state index in [0.717, 1.165) is 0 Å². The van der Waals surface area contributed by atoms with Crippen molar-refractivity contribution < 1.29 is 28.6 Å². The molecule has 2 atom stereocenters. The molecule has 1 saturated heterocycles. The Kier molecular flexibility index (Phi) is 4.28. The summed E-state index contributed by atoms with van der Waals surface area (Å²) in [6, 6.07) is 0. The Bertz CT molecular complexity index is 296. The summed E-state index contributed by atoms with van der Waals surface area (Å²) < 4.78 is 14.6. The molecular weight excluding hydrogens is 216 g/mol. The van der Waals surface area contributed by atoms with Crippen LogP contribution in [0.4, 0.5) is 0 Å². The Balaban J connectivity index is 2.44. The fraction of sp³-hybridized carbons (Fsp3) is 0.700. The van der Waals surface area contributed by atoms with E-state index in [0.29, 0.717) is 6.42 Å². The minimum absolute atomic E-state index is 0.00115. The number of hydrogen-bond acceptors (Lipinski definition) is 6. The van der Waals surface area contributed by atoms with Crippen LogP contribution >= 0.6 is 0 Å². The van der Waals surface area contributed by atoms with Crippen molar-refractivity contribution in [2.24, 2.45) is 0 Å². The van der Waals surface area contributed by atoms with Gasteiger partial charge in [0, 0.05) is 20.3 Å². The van der Waals surface area contributed by atoms with Crippen molar-refractivity contribution in [1.82, 2.24) is 0 Å². The Morgan fingerprint density at radius 1 is 1.38 bits per heavy atom. The average Bonchev–Trinajstić information content (AvgIpc) is 2.12. The second kappa shape index (κ2) is 5.48. The lowest BCUT2D eigenvalue weighted by Gasteiger charge is -2.27. The molecule has 0 spiro atoms. The van der Waals surface area contributed by atoms with Gasteiger partial charge in [0.05, 0.1) is 6.42 Å². The van der Waals surface area contributed by atoms with Crippen LogP contribution in [0.25, 0.3) is 0 Å². The van der Waals surface area contributed by atoms with Crippen LogP contribution in [0.15, 0.2) is 0 Å². The first-order chi connectivity index (χ1) is 7.47. The summed E-state index contributed by atoms with van der Waals surface area (Å²) in [5.74, 6) is -1.33. The predicted octanol–water partition coefficient (Wildman–Crippen LogP) is 0.187. The van der Waals surface area contributed by atoms with Crippen LogP contribution in [0.2, 0.25) is 0 Å². The van der Waals surface area contributed by atoms with Crippen LogP contribution < -0.4 is 0 Å². The summed E-state index contributed by atoms with van der Waals surface area (Å²) in [7, 11) is 0. The van der Waals surface area contributed by atoms with Crippen molar-refractivity contribution >= 4 is 17.9 Å². The van der Waals surface area contributed by atoms with Gasteiger partial charge in [-0.25, -0.2) is 0 Å². The molecule has 0 bridgehead atoms. The number of esters is 3. The fourth-order valence-electron chi connectivity index (χ4n) is 1.48. The standard InChI is InChI=1S/C10H14O6/c1-6(11)14-5-9-3-8(15-7(2)12)4-10(13)16-9/h8-9H,3-5H2,1-2H3/t8-,9+/m1/s1. The fourth-order valence-corrected chi connectivity index (χ4v) is 1.48. The molecular formula is C10H14O6. The van der Waals surface area contributed by atoms with Gasteiger partial charge >= 0.3 is 17.9 Å². The largest absolute Gasteiger partial charge is 0.462 e. The Morgan fingerprint density at radius 3 is 2.62 bits per heavy atom. The van der Waals surface area contributed by atoms with E-state index >= 15 is 0 Å². The maximum Gasteiger partial charge on any atom is 0.309 e. The third-order valence-corrected chi connectivity index (χ3v) is 2.02. The number of carbonyl (C=O) groups is 3. The summed E-state index contributed by atoms with van der Waals surface area (Å²) in [6.45, 7) is 2.55. The zero-order valence-electron chi connectivity index (χ0n) is 9.23. The van der Waals surface area contributed by atoms with Gasteiger partial charge in [0.25, 0.3) is 0 Å². The number of hydrogen-bond donors (Lipinski definition) is 0. The molecule has 0 saturated carbocycles.